The Kier molecular flexibility index (Phi) is 3.61. The van der Waals surface area contributed by atoms with E-state index in [0.29, 0.717) is 24.8 Å². The number of pyridine rings is 1. The van der Waals surface area contributed by atoms with Crippen LogP contribution in [-0.2, 0) is 13.0 Å². The molecule has 3 aromatic rings. The lowest BCUT2D eigenvalue weighted by molar-refractivity contribution is 0.0304. The van der Waals surface area contributed by atoms with Crippen molar-refractivity contribution in [2.45, 2.75) is 38.5 Å². The fraction of sp³-hybridized carbons (Fsp3) is 0.421. The summed E-state index contributed by atoms with van der Waals surface area (Å²) in [5.74, 6) is 0.925. The summed E-state index contributed by atoms with van der Waals surface area (Å²) in [5, 5.41) is 11.7. The van der Waals surface area contributed by atoms with Crippen molar-refractivity contribution in [2.75, 3.05) is 22.9 Å². The molecule has 0 saturated carbocycles. The molecular weight excluding hydrogens is 364 g/mol. The molecule has 3 aromatic heterocycles. The largest absolute Gasteiger partial charge is 0.386 e. The van der Waals surface area contributed by atoms with Gasteiger partial charge in [-0.3, -0.25) is 0 Å². The Hall–Kier alpha value is -2.38. The number of hydrogen-bond acceptors (Lipinski definition) is 6. The van der Waals surface area contributed by atoms with E-state index in [-0.39, 0.29) is 6.04 Å². The summed E-state index contributed by atoms with van der Waals surface area (Å²) in [5.41, 5.74) is 3.42. The summed E-state index contributed by atoms with van der Waals surface area (Å²) < 4.78 is 0. The highest BCUT2D eigenvalue weighted by atomic mass is 35.5. The third-order valence-electron chi connectivity index (χ3n) is 5.51. The number of halogens is 1. The lowest BCUT2D eigenvalue weighted by atomic mass is 9.94. The first-order chi connectivity index (χ1) is 12.9. The number of aromatic nitrogens is 4. The number of nitrogens with zero attached hydrogens (tertiary/aromatic N) is 5. The molecule has 2 N–H and O–H groups in total. The maximum atomic E-state index is 10.1. The third-order valence-corrected chi connectivity index (χ3v) is 5.70. The Morgan fingerprint density at radius 1 is 1.33 bits per heavy atom. The zero-order valence-electron chi connectivity index (χ0n) is 15.3. The zero-order chi connectivity index (χ0) is 18.8. The molecule has 0 aromatic carbocycles. The van der Waals surface area contributed by atoms with E-state index in [1.807, 2.05) is 25.3 Å². The summed E-state index contributed by atoms with van der Waals surface area (Å²) in [4.78, 5) is 21.1. The maximum Gasteiger partial charge on any atom is 0.141 e. The molecule has 2 aliphatic heterocycles. The summed E-state index contributed by atoms with van der Waals surface area (Å²) in [6.45, 7) is 5.94. The highest BCUT2D eigenvalue weighted by Gasteiger charge is 2.39. The van der Waals surface area contributed by atoms with Crippen LogP contribution in [-0.4, -0.2) is 49.8 Å². The van der Waals surface area contributed by atoms with Crippen LogP contribution in [0, 0.1) is 0 Å². The molecule has 27 heavy (non-hydrogen) atoms. The van der Waals surface area contributed by atoms with Crippen molar-refractivity contribution in [2.24, 2.45) is 0 Å². The predicted molar refractivity (Wildman–Crippen MR) is 105 cm³/mol. The minimum Gasteiger partial charge on any atom is -0.386 e. The lowest BCUT2D eigenvalue weighted by Gasteiger charge is -2.46. The van der Waals surface area contributed by atoms with Crippen LogP contribution in [0.5, 0.6) is 0 Å². The van der Waals surface area contributed by atoms with Gasteiger partial charge in [0, 0.05) is 49.2 Å². The number of aromatic amines is 1. The van der Waals surface area contributed by atoms with E-state index in [4.69, 9.17) is 11.6 Å². The van der Waals surface area contributed by atoms with Gasteiger partial charge in [-0.05, 0) is 26.0 Å². The second-order valence-corrected chi connectivity index (χ2v) is 8.25. The predicted octanol–water partition coefficient (Wildman–Crippen LogP) is 2.53. The van der Waals surface area contributed by atoms with Crippen molar-refractivity contribution in [1.29, 1.82) is 0 Å². The van der Waals surface area contributed by atoms with Crippen molar-refractivity contribution in [3.05, 3.63) is 41.1 Å². The maximum absolute atomic E-state index is 10.1. The first-order valence-electron chi connectivity index (χ1n) is 9.12. The summed E-state index contributed by atoms with van der Waals surface area (Å²) >= 11 is 6.27. The van der Waals surface area contributed by atoms with Gasteiger partial charge < -0.3 is 19.9 Å². The molecule has 5 rings (SSSR count). The quantitative estimate of drug-likeness (QED) is 0.661. The van der Waals surface area contributed by atoms with Gasteiger partial charge in [-0.25, -0.2) is 15.0 Å². The average molecular weight is 385 g/mol. The number of H-pyrrole nitrogens is 1. The SMILES string of the molecule is C[C@@H]1Cc2ncnc(N3CC(C)(O)C3)c2CN1c1cc(Cl)nc2[nH]ccc12. The van der Waals surface area contributed by atoms with Crippen molar-refractivity contribution in [3.63, 3.8) is 0 Å². The molecule has 1 fully saturated rings. The molecule has 5 heterocycles. The molecule has 0 spiro atoms. The Balaban J connectivity index is 1.56. The number of aliphatic hydroxyl groups is 1. The second-order valence-electron chi connectivity index (χ2n) is 7.86. The smallest absolute Gasteiger partial charge is 0.141 e. The van der Waals surface area contributed by atoms with Crippen LogP contribution >= 0.6 is 11.6 Å². The summed E-state index contributed by atoms with van der Waals surface area (Å²) in [6.07, 6.45) is 4.36. The standard InChI is InChI=1S/C19H21ClN6O/c1-11-5-14-13(18(23-10-22-14)25-8-19(2,27)9-25)7-26(11)15-6-16(20)24-17-12(15)3-4-21-17/h3-4,6,10-11,27H,5,7-9H2,1-2H3,(H,21,24)/t11-/m1/s1. The van der Waals surface area contributed by atoms with E-state index in [1.165, 1.54) is 0 Å². The van der Waals surface area contributed by atoms with Gasteiger partial charge in [0.15, 0.2) is 0 Å². The van der Waals surface area contributed by atoms with E-state index < -0.39 is 5.60 Å². The Labute approximate surface area is 162 Å². The van der Waals surface area contributed by atoms with Crippen molar-refractivity contribution in [1.82, 2.24) is 19.9 Å². The van der Waals surface area contributed by atoms with E-state index in [2.05, 4.69) is 36.7 Å². The second kappa shape index (κ2) is 5.81. The monoisotopic (exact) mass is 384 g/mol. The van der Waals surface area contributed by atoms with Crippen LogP contribution in [0.25, 0.3) is 11.0 Å². The molecule has 7 nitrogen and oxygen atoms in total. The molecule has 140 valence electrons. The van der Waals surface area contributed by atoms with Crippen LogP contribution in [0.1, 0.15) is 25.1 Å². The molecule has 0 aliphatic carbocycles. The van der Waals surface area contributed by atoms with Crippen LogP contribution in [0.15, 0.2) is 24.7 Å². The van der Waals surface area contributed by atoms with Gasteiger partial charge in [0.2, 0.25) is 0 Å². The fourth-order valence-corrected chi connectivity index (χ4v) is 4.43. The first kappa shape index (κ1) is 16.8. The fourth-order valence-electron chi connectivity index (χ4n) is 4.24. The number of rotatable bonds is 2. The molecular formula is C19H21ClN6O. The van der Waals surface area contributed by atoms with Crippen LogP contribution in [0.2, 0.25) is 5.15 Å². The molecule has 1 saturated heterocycles. The highest BCUT2D eigenvalue weighted by Crippen LogP contribution is 2.37. The van der Waals surface area contributed by atoms with Gasteiger partial charge in [0.1, 0.15) is 22.9 Å². The number of fused-ring (bicyclic) bond motifs is 2. The van der Waals surface area contributed by atoms with Crippen LogP contribution < -0.4 is 9.80 Å². The molecule has 0 amide bonds. The number of nitrogens with one attached hydrogen (secondary N) is 1. The minimum absolute atomic E-state index is 0.274. The van der Waals surface area contributed by atoms with Gasteiger partial charge in [-0.1, -0.05) is 11.6 Å². The van der Waals surface area contributed by atoms with Crippen LogP contribution in [0.4, 0.5) is 11.5 Å². The van der Waals surface area contributed by atoms with Gasteiger partial charge in [0.25, 0.3) is 0 Å². The van der Waals surface area contributed by atoms with Gasteiger partial charge in [0.05, 0.1) is 17.0 Å². The van der Waals surface area contributed by atoms with E-state index in [9.17, 15) is 5.11 Å². The van der Waals surface area contributed by atoms with Crippen molar-refractivity contribution >= 4 is 34.1 Å². The topological polar surface area (TPSA) is 81.2 Å². The zero-order valence-corrected chi connectivity index (χ0v) is 16.0. The number of anilines is 2. The molecule has 0 bridgehead atoms. The Morgan fingerprint density at radius 2 is 2.15 bits per heavy atom. The molecule has 1 atom stereocenters. The molecule has 0 radical (unpaired) electrons. The van der Waals surface area contributed by atoms with E-state index in [1.54, 1.807) is 6.33 Å². The first-order valence-corrected chi connectivity index (χ1v) is 9.49. The molecule has 2 aliphatic rings. The highest BCUT2D eigenvalue weighted by molar-refractivity contribution is 6.30. The number of hydrogen-bond donors (Lipinski definition) is 2. The Morgan fingerprint density at radius 3 is 2.93 bits per heavy atom. The number of β-amino-alcohol motifs (C(OH)–C–C–N with tert-alkyl or cyclic N) is 1. The lowest BCUT2D eigenvalue weighted by Crippen LogP contribution is -2.60. The average Bonchev–Trinajstić information content (AvgIpc) is 3.06. The van der Waals surface area contributed by atoms with E-state index in [0.717, 1.165) is 40.2 Å². The summed E-state index contributed by atoms with van der Waals surface area (Å²) in [6, 6.07) is 4.24. The summed E-state index contributed by atoms with van der Waals surface area (Å²) in [7, 11) is 0. The van der Waals surface area contributed by atoms with Crippen molar-refractivity contribution in [3.8, 4) is 0 Å². The van der Waals surface area contributed by atoms with Crippen molar-refractivity contribution < 1.29 is 5.11 Å². The van der Waals surface area contributed by atoms with Crippen LogP contribution in [0.3, 0.4) is 0 Å². The molecule has 0 unspecified atom stereocenters. The molecule has 8 heteroatoms. The van der Waals surface area contributed by atoms with Gasteiger partial charge >= 0.3 is 0 Å². The minimum atomic E-state index is -0.643. The third kappa shape index (κ3) is 2.73. The van der Waals surface area contributed by atoms with Gasteiger partial charge in [-0.15, -0.1) is 0 Å². The van der Waals surface area contributed by atoms with Gasteiger partial charge in [-0.2, -0.15) is 0 Å². The Bertz CT molecular complexity index is 1020. The van der Waals surface area contributed by atoms with E-state index >= 15 is 0 Å². The normalized spacial score (nSPS) is 21.3.